The smallest absolute Gasteiger partial charge is 0.152 e. The molecule has 0 spiro atoms. The molecule has 0 bridgehead atoms. The van der Waals surface area contributed by atoms with Gasteiger partial charge in [0, 0.05) is 17.4 Å². The molecule has 1 aromatic carbocycles. The third kappa shape index (κ3) is 2.11. The van der Waals surface area contributed by atoms with Gasteiger partial charge in [-0.3, -0.25) is 9.59 Å². The highest BCUT2D eigenvalue weighted by Gasteiger charge is 2.53. The van der Waals surface area contributed by atoms with Crippen molar-refractivity contribution in [3.05, 3.63) is 41.0 Å². The number of carbonyl (C=O) groups excluding carboxylic acids is 2. The summed E-state index contributed by atoms with van der Waals surface area (Å²) < 4.78 is 5.50. The van der Waals surface area contributed by atoms with Gasteiger partial charge in [-0.1, -0.05) is 25.1 Å². The molecule has 0 N–H and O–H groups in total. The summed E-state index contributed by atoms with van der Waals surface area (Å²) in [5.41, 5.74) is 3.96. The Hall–Kier alpha value is -1.90. The third-order valence-corrected chi connectivity index (χ3v) is 5.06. The van der Waals surface area contributed by atoms with Gasteiger partial charge in [0.1, 0.15) is 11.7 Å². The molecule has 22 heavy (non-hydrogen) atoms. The highest BCUT2D eigenvalue weighted by atomic mass is 16.5. The molecule has 0 amide bonds. The van der Waals surface area contributed by atoms with Crippen LogP contribution < -0.4 is 4.74 Å². The van der Waals surface area contributed by atoms with E-state index in [0.29, 0.717) is 18.6 Å². The van der Waals surface area contributed by atoms with Gasteiger partial charge in [-0.25, -0.2) is 0 Å². The van der Waals surface area contributed by atoms with Crippen LogP contribution in [0.2, 0.25) is 0 Å². The summed E-state index contributed by atoms with van der Waals surface area (Å²) in [6, 6.07) is 3.98. The van der Waals surface area contributed by atoms with Crippen molar-refractivity contribution in [1.82, 2.24) is 0 Å². The monoisotopic (exact) mass is 298 g/mol. The fraction of sp³-hybridized carbons (Fsp3) is 0.474. The number of allylic oxidation sites excluding steroid dienone is 1. The van der Waals surface area contributed by atoms with Crippen LogP contribution in [0.1, 0.15) is 42.4 Å². The van der Waals surface area contributed by atoms with Crippen molar-refractivity contribution in [3.63, 3.8) is 0 Å². The first kappa shape index (κ1) is 15.0. The SMILES string of the molecule is C=C1C[C@@H]2C(=O)C(c3c(CC)cc(C)cc3OC)C(=O)[C@@H]2C1. The number of hydrogen-bond acceptors (Lipinski definition) is 3. The van der Waals surface area contributed by atoms with Gasteiger partial charge in [-0.15, -0.1) is 0 Å². The average molecular weight is 298 g/mol. The first-order valence-corrected chi connectivity index (χ1v) is 7.89. The molecule has 2 aliphatic rings. The predicted molar refractivity (Wildman–Crippen MR) is 85.2 cm³/mol. The van der Waals surface area contributed by atoms with E-state index in [1.54, 1.807) is 7.11 Å². The average Bonchev–Trinajstić information content (AvgIpc) is 2.98. The van der Waals surface area contributed by atoms with E-state index in [9.17, 15) is 9.59 Å². The molecule has 116 valence electrons. The van der Waals surface area contributed by atoms with Gasteiger partial charge >= 0.3 is 0 Å². The molecule has 0 saturated heterocycles. The summed E-state index contributed by atoms with van der Waals surface area (Å²) in [6.45, 7) is 8.00. The Morgan fingerprint density at radius 1 is 1.18 bits per heavy atom. The quantitative estimate of drug-likeness (QED) is 0.634. The lowest BCUT2D eigenvalue weighted by atomic mass is 9.86. The normalized spacial score (nSPS) is 27.4. The first-order chi connectivity index (χ1) is 10.5. The minimum Gasteiger partial charge on any atom is -0.496 e. The first-order valence-electron chi connectivity index (χ1n) is 7.89. The van der Waals surface area contributed by atoms with Crippen LogP contribution >= 0.6 is 0 Å². The molecule has 1 aromatic rings. The number of Topliss-reactive ketones (excluding diaryl/α,β-unsaturated/α-hetero) is 2. The van der Waals surface area contributed by atoms with E-state index in [4.69, 9.17) is 4.74 Å². The van der Waals surface area contributed by atoms with Crippen LogP contribution in [0, 0.1) is 18.8 Å². The molecule has 1 unspecified atom stereocenters. The van der Waals surface area contributed by atoms with Crippen LogP contribution in [-0.4, -0.2) is 18.7 Å². The van der Waals surface area contributed by atoms with Crippen molar-refractivity contribution in [2.24, 2.45) is 11.8 Å². The van der Waals surface area contributed by atoms with Gasteiger partial charge in [0.15, 0.2) is 11.6 Å². The molecule has 0 radical (unpaired) electrons. The fourth-order valence-electron chi connectivity index (χ4n) is 4.07. The number of benzene rings is 1. The van der Waals surface area contributed by atoms with Crippen molar-refractivity contribution in [1.29, 1.82) is 0 Å². The molecule has 2 fully saturated rings. The van der Waals surface area contributed by atoms with Crippen molar-refractivity contribution in [2.45, 2.75) is 39.0 Å². The Bertz CT molecular complexity index is 620. The second-order valence-electron chi connectivity index (χ2n) is 6.50. The molecule has 3 nitrogen and oxygen atoms in total. The van der Waals surface area contributed by atoms with Crippen molar-refractivity contribution in [2.75, 3.05) is 7.11 Å². The summed E-state index contributed by atoms with van der Waals surface area (Å²) in [5, 5.41) is 0. The zero-order chi connectivity index (χ0) is 16.0. The summed E-state index contributed by atoms with van der Waals surface area (Å²) in [5.74, 6) is -0.187. The molecule has 3 heteroatoms. The van der Waals surface area contributed by atoms with Crippen LogP contribution in [0.25, 0.3) is 0 Å². The summed E-state index contributed by atoms with van der Waals surface area (Å²) in [7, 11) is 1.60. The molecule has 2 aliphatic carbocycles. The van der Waals surface area contributed by atoms with E-state index in [2.05, 4.69) is 12.6 Å². The number of ether oxygens (including phenoxy) is 1. The van der Waals surface area contributed by atoms with Crippen LogP contribution in [0.3, 0.4) is 0 Å². The van der Waals surface area contributed by atoms with Crippen molar-refractivity contribution >= 4 is 11.6 Å². The van der Waals surface area contributed by atoms with E-state index in [1.165, 1.54) is 0 Å². The van der Waals surface area contributed by atoms with E-state index in [-0.39, 0.29) is 23.4 Å². The molecule has 0 aromatic heterocycles. The summed E-state index contributed by atoms with van der Waals surface area (Å²) in [4.78, 5) is 25.7. The molecule has 2 saturated carbocycles. The van der Waals surface area contributed by atoms with E-state index in [0.717, 1.165) is 28.7 Å². The molecule has 3 atom stereocenters. The van der Waals surface area contributed by atoms with Gasteiger partial charge in [0.05, 0.1) is 7.11 Å². The van der Waals surface area contributed by atoms with Gasteiger partial charge in [-0.2, -0.15) is 0 Å². The highest BCUT2D eigenvalue weighted by molar-refractivity contribution is 6.17. The largest absolute Gasteiger partial charge is 0.496 e. The maximum absolute atomic E-state index is 12.8. The Kier molecular flexibility index (Phi) is 3.67. The van der Waals surface area contributed by atoms with Gasteiger partial charge in [0.2, 0.25) is 0 Å². The number of ketones is 2. The third-order valence-electron chi connectivity index (χ3n) is 5.06. The summed E-state index contributed by atoms with van der Waals surface area (Å²) in [6.07, 6.45) is 2.12. The second-order valence-corrected chi connectivity index (χ2v) is 6.50. The van der Waals surface area contributed by atoms with Gasteiger partial charge < -0.3 is 4.74 Å². The number of hydrogen-bond donors (Lipinski definition) is 0. The van der Waals surface area contributed by atoms with E-state index in [1.807, 2.05) is 19.9 Å². The zero-order valence-corrected chi connectivity index (χ0v) is 13.4. The zero-order valence-electron chi connectivity index (χ0n) is 13.4. The van der Waals surface area contributed by atoms with Crippen LogP contribution in [0.15, 0.2) is 24.3 Å². The van der Waals surface area contributed by atoms with Gasteiger partial charge in [-0.05, 0) is 43.4 Å². The van der Waals surface area contributed by atoms with Crippen molar-refractivity contribution in [3.8, 4) is 5.75 Å². The second kappa shape index (κ2) is 5.38. The van der Waals surface area contributed by atoms with Crippen LogP contribution in [0.4, 0.5) is 0 Å². The van der Waals surface area contributed by atoms with Crippen LogP contribution in [0.5, 0.6) is 5.75 Å². The van der Waals surface area contributed by atoms with Crippen LogP contribution in [-0.2, 0) is 16.0 Å². The Morgan fingerprint density at radius 2 is 1.77 bits per heavy atom. The van der Waals surface area contributed by atoms with Gasteiger partial charge in [0.25, 0.3) is 0 Å². The lowest BCUT2D eigenvalue weighted by Gasteiger charge is -2.19. The summed E-state index contributed by atoms with van der Waals surface area (Å²) >= 11 is 0. The van der Waals surface area contributed by atoms with Crippen molar-refractivity contribution < 1.29 is 14.3 Å². The predicted octanol–water partition coefficient (Wildman–Crippen LogP) is 3.38. The Morgan fingerprint density at radius 3 is 2.27 bits per heavy atom. The molecule has 3 rings (SSSR count). The minimum absolute atomic E-state index is 0.0607. The van der Waals surface area contributed by atoms with E-state index >= 15 is 0 Å². The molecular formula is C19H22O3. The number of rotatable bonds is 3. The minimum atomic E-state index is -0.645. The maximum atomic E-state index is 12.8. The topological polar surface area (TPSA) is 43.4 Å². The molecule has 0 aliphatic heterocycles. The maximum Gasteiger partial charge on any atom is 0.152 e. The molecular weight excluding hydrogens is 276 g/mol. The lowest BCUT2D eigenvalue weighted by Crippen LogP contribution is -2.19. The number of carbonyl (C=O) groups is 2. The molecule has 0 heterocycles. The lowest BCUT2D eigenvalue weighted by molar-refractivity contribution is -0.125. The highest BCUT2D eigenvalue weighted by Crippen LogP contribution is 2.49. The van der Waals surface area contributed by atoms with E-state index < -0.39 is 5.92 Å². The number of methoxy groups -OCH3 is 1. The number of aryl methyl sites for hydroxylation is 2. The number of fused-ring (bicyclic) bond motifs is 1. The Labute approximate surface area is 131 Å². The standard InChI is InChI=1S/C19H22O3/c1-5-12-6-10(2)9-15(22-4)16(12)17-18(20)13-7-11(3)8-14(13)19(17)21/h6,9,13-14,17H,3,5,7-8H2,1-2,4H3/t13-,14+,17?. The Balaban J connectivity index is 2.11. The fourth-order valence-corrected chi connectivity index (χ4v) is 4.07.